The van der Waals surface area contributed by atoms with Crippen molar-refractivity contribution in [2.45, 2.75) is 6.92 Å². The monoisotopic (exact) mass is 205 g/mol. The van der Waals surface area contributed by atoms with E-state index in [4.69, 9.17) is 9.90 Å². The minimum absolute atomic E-state index is 0. The third-order valence-corrected chi connectivity index (χ3v) is 0.967. The van der Waals surface area contributed by atoms with Gasteiger partial charge in [0.25, 0.3) is 5.69 Å². The van der Waals surface area contributed by atoms with Crippen molar-refractivity contribution in [3.63, 3.8) is 0 Å². The van der Waals surface area contributed by atoms with Gasteiger partial charge in [0.1, 0.15) is 0 Å². The molecule has 0 bridgehead atoms. The van der Waals surface area contributed by atoms with Crippen LogP contribution >= 0.6 is 0 Å². The number of nitrogens with zero attached hydrogens (tertiary/aromatic N) is 1. The molecule has 0 amide bonds. The van der Waals surface area contributed by atoms with E-state index in [1.165, 1.54) is 12.1 Å². The molecule has 70 valence electrons. The molecular formula is C8H8NNaO4. The van der Waals surface area contributed by atoms with Gasteiger partial charge in [-0.1, -0.05) is 18.2 Å². The van der Waals surface area contributed by atoms with Gasteiger partial charge in [-0.3, -0.25) is 10.1 Å². The van der Waals surface area contributed by atoms with E-state index >= 15 is 0 Å². The number of carboxylic acids is 1. The molecular weight excluding hydrogens is 197 g/mol. The van der Waals surface area contributed by atoms with Crippen LogP contribution in [0.15, 0.2) is 30.3 Å². The fraction of sp³-hybridized carbons (Fsp3) is 0.125. The van der Waals surface area contributed by atoms with Crippen molar-refractivity contribution < 1.29 is 44.4 Å². The summed E-state index contributed by atoms with van der Waals surface area (Å²) in [6, 6.07) is 7.93. The summed E-state index contributed by atoms with van der Waals surface area (Å²) in [7, 11) is 0. The average molecular weight is 205 g/mol. The van der Waals surface area contributed by atoms with Crippen molar-refractivity contribution in [1.82, 2.24) is 0 Å². The first kappa shape index (κ1) is 15.6. The molecule has 1 aromatic rings. The van der Waals surface area contributed by atoms with Crippen LogP contribution in [0.1, 0.15) is 6.92 Å². The Hall–Kier alpha value is -0.910. The number of benzene rings is 1. The molecule has 0 aliphatic carbocycles. The zero-order valence-electron chi connectivity index (χ0n) is 7.97. The number of para-hydroxylation sites is 1. The van der Waals surface area contributed by atoms with Gasteiger partial charge in [0.15, 0.2) is 0 Å². The third kappa shape index (κ3) is 9.18. The van der Waals surface area contributed by atoms with Crippen LogP contribution in [0.5, 0.6) is 0 Å². The quantitative estimate of drug-likeness (QED) is 0.285. The maximum atomic E-state index is 10.0. The summed E-state index contributed by atoms with van der Waals surface area (Å²) in [6.45, 7) is 0.972. The Labute approximate surface area is 103 Å². The van der Waals surface area contributed by atoms with Crippen molar-refractivity contribution in [3.8, 4) is 0 Å². The second-order valence-corrected chi connectivity index (χ2v) is 2.08. The number of nitro benzene ring substituents is 1. The molecule has 1 rings (SSSR count). The molecule has 0 heterocycles. The van der Waals surface area contributed by atoms with Crippen LogP contribution in [0.4, 0.5) is 5.69 Å². The number of carbonyl (C=O) groups is 1. The molecule has 1 aromatic carbocycles. The molecule has 0 aliphatic heterocycles. The number of hydrogen-bond donors (Lipinski definition) is 0. The third-order valence-electron chi connectivity index (χ3n) is 0.967. The summed E-state index contributed by atoms with van der Waals surface area (Å²) >= 11 is 0. The van der Waals surface area contributed by atoms with Crippen molar-refractivity contribution in [1.29, 1.82) is 0 Å². The van der Waals surface area contributed by atoms with Gasteiger partial charge in [0.05, 0.1) is 4.92 Å². The summed E-state index contributed by atoms with van der Waals surface area (Å²) < 4.78 is 0. The zero-order valence-corrected chi connectivity index (χ0v) is 9.97. The van der Waals surface area contributed by atoms with Crippen molar-refractivity contribution >= 4 is 11.7 Å². The van der Waals surface area contributed by atoms with Gasteiger partial charge >= 0.3 is 29.6 Å². The van der Waals surface area contributed by atoms with E-state index in [1.54, 1.807) is 18.2 Å². The van der Waals surface area contributed by atoms with Gasteiger partial charge in [0.2, 0.25) is 0 Å². The topological polar surface area (TPSA) is 83.3 Å². The number of aliphatic carboxylic acids is 1. The molecule has 14 heavy (non-hydrogen) atoms. The van der Waals surface area contributed by atoms with E-state index in [9.17, 15) is 10.1 Å². The summed E-state index contributed by atoms with van der Waals surface area (Å²) in [5.74, 6) is -1.08. The summed E-state index contributed by atoms with van der Waals surface area (Å²) in [4.78, 5) is 18.5. The van der Waals surface area contributed by atoms with E-state index in [0.29, 0.717) is 0 Å². The maximum absolute atomic E-state index is 10.0. The molecule has 6 heteroatoms. The largest absolute Gasteiger partial charge is 1.00 e. The van der Waals surface area contributed by atoms with Crippen LogP contribution in [-0.4, -0.2) is 10.9 Å². The van der Waals surface area contributed by atoms with E-state index in [0.717, 1.165) is 6.92 Å². The SMILES string of the molecule is CC(=O)[O-].O=[N+]([O-])c1ccccc1.[Na+]. The van der Waals surface area contributed by atoms with Gasteiger partial charge in [-0.25, -0.2) is 0 Å². The van der Waals surface area contributed by atoms with E-state index in [-0.39, 0.29) is 35.2 Å². The van der Waals surface area contributed by atoms with E-state index < -0.39 is 10.9 Å². The number of hydrogen-bond acceptors (Lipinski definition) is 4. The van der Waals surface area contributed by atoms with Crippen molar-refractivity contribution in [2.75, 3.05) is 0 Å². The first-order valence-electron chi connectivity index (χ1n) is 3.41. The predicted octanol–water partition coefficient (Wildman–Crippen LogP) is -2.64. The van der Waals surface area contributed by atoms with E-state index in [2.05, 4.69) is 0 Å². The molecule has 0 N–H and O–H groups in total. The molecule has 0 saturated carbocycles. The van der Waals surface area contributed by atoms with Crippen LogP contribution in [0, 0.1) is 10.1 Å². The number of carbonyl (C=O) groups excluding carboxylic acids is 1. The van der Waals surface area contributed by atoms with Crippen LogP contribution in [0.25, 0.3) is 0 Å². The number of carboxylic acid groups (broad SMARTS) is 1. The maximum Gasteiger partial charge on any atom is 1.00 e. The second-order valence-electron chi connectivity index (χ2n) is 2.08. The zero-order chi connectivity index (χ0) is 10.3. The van der Waals surface area contributed by atoms with Gasteiger partial charge in [0, 0.05) is 18.1 Å². The number of nitro groups is 1. The number of rotatable bonds is 1. The fourth-order valence-corrected chi connectivity index (χ4v) is 0.550. The molecule has 0 unspecified atom stereocenters. The van der Waals surface area contributed by atoms with Crippen molar-refractivity contribution in [2.24, 2.45) is 0 Å². The Kier molecular flexibility index (Phi) is 9.64. The van der Waals surface area contributed by atoms with Gasteiger partial charge in [-0.15, -0.1) is 0 Å². The Morgan fingerprint density at radius 2 is 1.64 bits per heavy atom. The molecule has 0 fully saturated rings. The van der Waals surface area contributed by atoms with Crippen LogP contribution in [0.2, 0.25) is 0 Å². The molecule has 0 saturated heterocycles. The van der Waals surface area contributed by atoms with Crippen molar-refractivity contribution in [3.05, 3.63) is 40.4 Å². The normalized spacial score (nSPS) is 7.50. The first-order valence-corrected chi connectivity index (χ1v) is 3.41. The minimum atomic E-state index is -1.08. The summed E-state index contributed by atoms with van der Waals surface area (Å²) in [5.41, 5.74) is 0.137. The molecule has 0 aliphatic rings. The molecule has 0 atom stereocenters. The van der Waals surface area contributed by atoms with Crippen LogP contribution in [0.3, 0.4) is 0 Å². The van der Waals surface area contributed by atoms with Gasteiger partial charge in [-0.05, 0) is 6.92 Å². The number of non-ortho nitro benzene ring substituents is 1. The van der Waals surface area contributed by atoms with E-state index in [1.807, 2.05) is 0 Å². The Bertz CT molecular complexity index is 285. The average Bonchev–Trinajstić information content (AvgIpc) is 2.05. The predicted molar refractivity (Wildman–Crippen MR) is 43.8 cm³/mol. The summed E-state index contributed by atoms with van der Waals surface area (Å²) in [5, 5.41) is 18.9. The Balaban J connectivity index is 0. The van der Waals surface area contributed by atoms with Crippen LogP contribution < -0.4 is 34.7 Å². The Morgan fingerprint density at radius 3 is 1.86 bits per heavy atom. The first-order chi connectivity index (χ1) is 6.04. The standard InChI is InChI=1S/C6H5NO2.C2H4O2.Na/c8-7(9)6-4-2-1-3-5-6;1-2(3)4;/h1-5H;1H3,(H,3,4);/q;;+1/p-1. The summed E-state index contributed by atoms with van der Waals surface area (Å²) in [6.07, 6.45) is 0. The van der Waals surface area contributed by atoms with Gasteiger partial charge in [-0.2, -0.15) is 0 Å². The Morgan fingerprint density at radius 1 is 1.29 bits per heavy atom. The minimum Gasteiger partial charge on any atom is -0.550 e. The van der Waals surface area contributed by atoms with Crippen LogP contribution in [-0.2, 0) is 4.79 Å². The fourth-order valence-electron chi connectivity index (χ4n) is 0.550. The molecule has 5 nitrogen and oxygen atoms in total. The molecule has 0 spiro atoms. The molecule has 0 radical (unpaired) electrons. The second kappa shape index (κ2) is 8.68. The smallest absolute Gasteiger partial charge is 0.550 e. The van der Waals surface area contributed by atoms with Gasteiger partial charge < -0.3 is 9.90 Å². The molecule has 0 aromatic heterocycles.